The number of rotatable bonds is 6. The Morgan fingerprint density at radius 3 is 2.50 bits per heavy atom. The molecule has 2 aromatic heterocycles. The van der Waals surface area contributed by atoms with Gasteiger partial charge in [0.25, 0.3) is 0 Å². The molecule has 5 heteroatoms. The number of aryl methyl sites for hydroxylation is 1. The molecule has 0 aliphatic heterocycles. The van der Waals surface area contributed by atoms with Crippen molar-refractivity contribution in [2.45, 2.75) is 72.8 Å². The maximum atomic E-state index is 12.4. The van der Waals surface area contributed by atoms with Crippen molar-refractivity contribution in [3.8, 4) is 10.6 Å². The second-order valence-corrected chi connectivity index (χ2v) is 8.69. The van der Waals surface area contributed by atoms with Gasteiger partial charge < -0.3 is 4.98 Å². The van der Waals surface area contributed by atoms with E-state index in [-0.39, 0.29) is 11.7 Å². The number of para-hydroxylation sites is 1. The van der Waals surface area contributed by atoms with Gasteiger partial charge in [0.1, 0.15) is 5.01 Å². The van der Waals surface area contributed by atoms with E-state index in [1.807, 2.05) is 38.1 Å². The highest BCUT2D eigenvalue weighted by Crippen LogP contribution is 2.35. The van der Waals surface area contributed by atoms with Crippen molar-refractivity contribution in [2.75, 3.05) is 0 Å². The third-order valence-electron chi connectivity index (χ3n) is 4.35. The van der Waals surface area contributed by atoms with E-state index in [9.17, 15) is 4.79 Å². The molecule has 0 saturated carbocycles. The lowest BCUT2D eigenvalue weighted by molar-refractivity contribution is 0.598. The first-order valence-electron chi connectivity index (χ1n) is 10.2. The predicted molar refractivity (Wildman–Crippen MR) is 123 cm³/mol. The van der Waals surface area contributed by atoms with Crippen molar-refractivity contribution in [1.82, 2.24) is 14.5 Å². The summed E-state index contributed by atoms with van der Waals surface area (Å²) in [6.07, 6.45) is 5.12. The molecule has 2 heterocycles. The minimum Gasteiger partial charge on any atom is -0.305 e. The molecule has 0 radical (unpaired) electrons. The molecule has 3 rings (SSSR count). The van der Waals surface area contributed by atoms with Gasteiger partial charge >= 0.3 is 5.69 Å². The number of hydrogen-bond acceptors (Lipinski definition) is 3. The van der Waals surface area contributed by atoms with Crippen LogP contribution in [0.25, 0.3) is 21.6 Å². The monoisotopic (exact) mass is 399 g/mol. The summed E-state index contributed by atoms with van der Waals surface area (Å²) in [5.74, 6) is 0.378. The van der Waals surface area contributed by atoms with E-state index in [1.54, 1.807) is 15.9 Å². The maximum Gasteiger partial charge on any atom is 0.326 e. The van der Waals surface area contributed by atoms with Crippen LogP contribution in [0.15, 0.2) is 35.6 Å². The highest BCUT2D eigenvalue weighted by molar-refractivity contribution is 7.15. The third-order valence-corrected chi connectivity index (χ3v) is 5.51. The fourth-order valence-corrected chi connectivity index (χ4v) is 4.45. The summed E-state index contributed by atoms with van der Waals surface area (Å²) in [4.78, 5) is 21.6. The Kier molecular flexibility index (Phi) is 7.81. The molecule has 152 valence electrons. The van der Waals surface area contributed by atoms with Gasteiger partial charge in [-0.3, -0.25) is 4.57 Å². The molecule has 0 bridgehead atoms. The van der Waals surface area contributed by atoms with Gasteiger partial charge in [-0.25, -0.2) is 9.78 Å². The molecule has 1 aromatic carbocycles. The molecule has 0 aliphatic carbocycles. The van der Waals surface area contributed by atoms with E-state index in [2.05, 4.69) is 39.3 Å². The van der Waals surface area contributed by atoms with Crippen LogP contribution in [-0.2, 0) is 6.42 Å². The Morgan fingerprint density at radius 2 is 1.93 bits per heavy atom. The summed E-state index contributed by atoms with van der Waals surface area (Å²) in [5.41, 5.74) is 3.91. The average molecular weight is 400 g/mol. The Bertz CT molecular complexity index is 976. The SMILES string of the molecule is C=CCCc1sc(-c2cccc3c2[nH]c(=O)n3C(C)C)nc1C(C)C.CCC. The summed E-state index contributed by atoms with van der Waals surface area (Å²) in [6.45, 7) is 16.5. The molecule has 28 heavy (non-hydrogen) atoms. The van der Waals surface area contributed by atoms with Crippen LogP contribution in [0, 0.1) is 0 Å². The molecule has 0 amide bonds. The van der Waals surface area contributed by atoms with Crippen molar-refractivity contribution >= 4 is 22.4 Å². The Morgan fingerprint density at radius 1 is 1.25 bits per heavy atom. The standard InChI is InChI=1S/C20H25N3OS.C3H8/c1-6-7-11-16-17(12(2)3)21-19(25-16)14-9-8-10-15-18(14)22-20(24)23(15)13(4)5;1-3-2/h6,8-10,12-13H,1,7,11H2,2-5H3,(H,22,24);3H2,1-2H3. The minimum atomic E-state index is -0.0648. The lowest BCUT2D eigenvalue weighted by Gasteiger charge is -2.07. The number of thiazole rings is 1. The third kappa shape index (κ3) is 4.64. The Hall–Kier alpha value is -2.14. The van der Waals surface area contributed by atoms with Gasteiger partial charge in [0.15, 0.2) is 0 Å². The molecule has 0 fully saturated rings. The number of aromatic amines is 1. The first kappa shape index (κ1) is 22.2. The normalized spacial score (nSPS) is 11.1. The van der Waals surface area contributed by atoms with Crippen molar-refractivity contribution in [1.29, 1.82) is 0 Å². The van der Waals surface area contributed by atoms with E-state index in [1.165, 1.54) is 11.3 Å². The number of nitrogens with one attached hydrogen (secondary N) is 1. The summed E-state index contributed by atoms with van der Waals surface area (Å²) in [7, 11) is 0. The van der Waals surface area contributed by atoms with Crippen LogP contribution >= 0.6 is 11.3 Å². The smallest absolute Gasteiger partial charge is 0.305 e. The van der Waals surface area contributed by atoms with Crippen LogP contribution in [0.5, 0.6) is 0 Å². The van der Waals surface area contributed by atoms with Crippen LogP contribution in [0.1, 0.15) is 76.9 Å². The average Bonchev–Trinajstić information content (AvgIpc) is 3.20. The molecule has 3 aromatic rings. The minimum absolute atomic E-state index is 0.0648. The first-order chi connectivity index (χ1) is 13.3. The summed E-state index contributed by atoms with van der Waals surface area (Å²) < 4.78 is 1.80. The van der Waals surface area contributed by atoms with E-state index in [0.29, 0.717) is 5.92 Å². The molecule has 0 atom stereocenters. The quantitative estimate of drug-likeness (QED) is 0.469. The number of allylic oxidation sites excluding steroid dienone is 1. The first-order valence-corrected chi connectivity index (χ1v) is 11.0. The van der Waals surface area contributed by atoms with Crippen molar-refractivity contribution in [2.24, 2.45) is 0 Å². The molecule has 0 unspecified atom stereocenters. The predicted octanol–water partition coefficient (Wildman–Crippen LogP) is 6.69. The lowest BCUT2D eigenvalue weighted by atomic mass is 10.1. The molecule has 4 nitrogen and oxygen atoms in total. The summed E-state index contributed by atoms with van der Waals surface area (Å²) >= 11 is 1.73. The van der Waals surface area contributed by atoms with Gasteiger partial charge in [0.05, 0.1) is 16.7 Å². The van der Waals surface area contributed by atoms with E-state index in [4.69, 9.17) is 4.98 Å². The topological polar surface area (TPSA) is 50.7 Å². The van der Waals surface area contributed by atoms with Gasteiger partial charge in [-0.2, -0.15) is 0 Å². The Labute approximate surface area is 172 Å². The highest BCUT2D eigenvalue weighted by Gasteiger charge is 2.19. The van der Waals surface area contributed by atoms with E-state index >= 15 is 0 Å². The second-order valence-electron chi connectivity index (χ2n) is 7.61. The highest BCUT2D eigenvalue weighted by atomic mass is 32.1. The number of H-pyrrole nitrogens is 1. The molecule has 1 N–H and O–H groups in total. The van der Waals surface area contributed by atoms with Crippen molar-refractivity contribution in [3.05, 3.63) is 51.9 Å². The molecule has 0 aliphatic rings. The van der Waals surface area contributed by atoms with Crippen molar-refractivity contribution < 1.29 is 0 Å². The van der Waals surface area contributed by atoms with Crippen LogP contribution in [0.3, 0.4) is 0 Å². The number of imidazole rings is 1. The van der Waals surface area contributed by atoms with E-state index < -0.39 is 0 Å². The number of nitrogens with zero attached hydrogens (tertiary/aromatic N) is 2. The van der Waals surface area contributed by atoms with Gasteiger partial charge in [-0.15, -0.1) is 17.9 Å². The second kappa shape index (κ2) is 9.87. The molecule has 0 spiro atoms. The van der Waals surface area contributed by atoms with Gasteiger partial charge in [0.2, 0.25) is 0 Å². The Balaban J connectivity index is 0.000000878. The maximum absolute atomic E-state index is 12.4. The van der Waals surface area contributed by atoms with Gasteiger partial charge in [0, 0.05) is 16.5 Å². The van der Waals surface area contributed by atoms with E-state index in [0.717, 1.165) is 40.1 Å². The zero-order chi connectivity index (χ0) is 20.8. The van der Waals surface area contributed by atoms with Crippen LogP contribution < -0.4 is 5.69 Å². The fourth-order valence-electron chi connectivity index (χ4n) is 3.18. The molecular weight excluding hydrogens is 366 g/mol. The van der Waals surface area contributed by atoms with Gasteiger partial charge in [-0.1, -0.05) is 46.3 Å². The fraction of sp³-hybridized carbons (Fsp3) is 0.478. The zero-order valence-corrected chi connectivity index (χ0v) is 18.8. The van der Waals surface area contributed by atoms with Crippen LogP contribution in [-0.4, -0.2) is 14.5 Å². The lowest BCUT2D eigenvalue weighted by Crippen LogP contribution is -2.18. The largest absolute Gasteiger partial charge is 0.326 e. The zero-order valence-electron chi connectivity index (χ0n) is 18.0. The van der Waals surface area contributed by atoms with Crippen molar-refractivity contribution in [3.63, 3.8) is 0 Å². The molecule has 0 saturated heterocycles. The number of fused-ring (bicyclic) bond motifs is 1. The number of aromatic nitrogens is 3. The number of benzene rings is 1. The van der Waals surface area contributed by atoms with Gasteiger partial charge in [-0.05, 0) is 44.7 Å². The summed E-state index contributed by atoms with van der Waals surface area (Å²) in [5, 5.41) is 0.977. The molecular formula is C23H33N3OS. The summed E-state index contributed by atoms with van der Waals surface area (Å²) in [6, 6.07) is 6.15. The van der Waals surface area contributed by atoms with Crippen LogP contribution in [0.2, 0.25) is 0 Å². The number of hydrogen-bond donors (Lipinski definition) is 1. The van der Waals surface area contributed by atoms with Crippen LogP contribution in [0.4, 0.5) is 0 Å².